The second kappa shape index (κ2) is 7.58. The second-order valence-corrected chi connectivity index (χ2v) is 5.70. The van der Waals surface area contributed by atoms with Crippen molar-refractivity contribution in [3.8, 4) is 0 Å². The van der Waals surface area contributed by atoms with Gasteiger partial charge >= 0.3 is 0 Å². The minimum absolute atomic E-state index is 0.158. The smallest absolute Gasteiger partial charge is 0.197 e. The molecule has 0 saturated heterocycles. The average Bonchev–Trinajstić information content (AvgIpc) is 2.45. The fourth-order valence-corrected chi connectivity index (χ4v) is 2.98. The van der Waals surface area contributed by atoms with Gasteiger partial charge in [-0.15, -0.1) is 0 Å². The van der Waals surface area contributed by atoms with Crippen molar-refractivity contribution in [1.82, 2.24) is 0 Å². The summed E-state index contributed by atoms with van der Waals surface area (Å²) < 4.78 is 13.2. The molecule has 2 nitrogen and oxygen atoms in total. The summed E-state index contributed by atoms with van der Waals surface area (Å²) in [6, 6.07) is 5.08. The highest BCUT2D eigenvalue weighted by Crippen LogP contribution is 2.29. The molecule has 0 bridgehead atoms. The van der Waals surface area contributed by atoms with Gasteiger partial charge in [-0.1, -0.05) is 12.4 Å². The lowest BCUT2D eigenvalue weighted by Crippen LogP contribution is -2.17. The molecule has 1 N–H and O–H groups in total. The van der Waals surface area contributed by atoms with Gasteiger partial charge in [0.2, 0.25) is 0 Å². The standard InChI is InChI=1S/C16H21BFO2/c18-15-5-4-13-3-1-12(9-14(13)10-15)2-6-16(20)7-8-17-11-19/h4-5,10-12,16,20H,1-3,6-9H2. The fourth-order valence-electron chi connectivity index (χ4n) is 2.98. The van der Waals surface area contributed by atoms with Crippen molar-refractivity contribution in [3.63, 3.8) is 0 Å². The van der Waals surface area contributed by atoms with Crippen molar-refractivity contribution >= 4 is 13.5 Å². The average molecular weight is 275 g/mol. The number of fused-ring (bicyclic) bond motifs is 1. The van der Waals surface area contributed by atoms with Crippen molar-refractivity contribution in [2.75, 3.05) is 0 Å². The van der Waals surface area contributed by atoms with Crippen LogP contribution in [0.1, 0.15) is 36.8 Å². The van der Waals surface area contributed by atoms with Gasteiger partial charge in [0.1, 0.15) is 5.82 Å². The monoisotopic (exact) mass is 275 g/mol. The molecule has 2 atom stereocenters. The molecular weight excluding hydrogens is 254 g/mol. The summed E-state index contributed by atoms with van der Waals surface area (Å²) in [6.45, 7) is 0. The third kappa shape index (κ3) is 4.45. The largest absolute Gasteiger partial charge is 0.393 e. The number of benzene rings is 1. The Morgan fingerprint density at radius 2 is 2.25 bits per heavy atom. The van der Waals surface area contributed by atoms with E-state index in [0.29, 0.717) is 18.7 Å². The molecule has 1 aliphatic carbocycles. The van der Waals surface area contributed by atoms with Crippen LogP contribution in [0.4, 0.5) is 4.39 Å². The van der Waals surface area contributed by atoms with E-state index in [1.165, 1.54) is 11.6 Å². The Kier molecular flexibility index (Phi) is 5.78. The van der Waals surface area contributed by atoms with Crippen LogP contribution in [0.3, 0.4) is 0 Å². The van der Waals surface area contributed by atoms with Crippen LogP contribution in [0.15, 0.2) is 18.2 Å². The predicted octanol–water partition coefficient (Wildman–Crippen LogP) is 2.77. The summed E-state index contributed by atoms with van der Waals surface area (Å²) in [5, 5.41) is 9.85. The first-order valence-electron chi connectivity index (χ1n) is 7.41. The Labute approximate surface area is 120 Å². The highest BCUT2D eigenvalue weighted by molar-refractivity contribution is 6.66. The van der Waals surface area contributed by atoms with Gasteiger partial charge in [0, 0.05) is 0 Å². The van der Waals surface area contributed by atoms with Gasteiger partial charge in [0.25, 0.3) is 0 Å². The van der Waals surface area contributed by atoms with Crippen LogP contribution >= 0.6 is 0 Å². The normalized spacial score (nSPS) is 19.2. The molecule has 0 aromatic heterocycles. The van der Waals surface area contributed by atoms with Gasteiger partial charge < -0.3 is 9.90 Å². The van der Waals surface area contributed by atoms with Crippen molar-refractivity contribution in [2.24, 2.45) is 5.92 Å². The third-order valence-electron chi connectivity index (χ3n) is 4.17. The topological polar surface area (TPSA) is 37.3 Å². The molecule has 2 unspecified atom stereocenters. The Morgan fingerprint density at radius 1 is 1.40 bits per heavy atom. The van der Waals surface area contributed by atoms with E-state index in [2.05, 4.69) is 0 Å². The van der Waals surface area contributed by atoms with Gasteiger partial charge in [-0.25, -0.2) is 4.39 Å². The summed E-state index contributed by atoms with van der Waals surface area (Å²) in [5.41, 5.74) is 2.40. The Balaban J connectivity index is 1.77. The molecule has 1 radical (unpaired) electrons. The highest BCUT2D eigenvalue weighted by atomic mass is 19.1. The third-order valence-corrected chi connectivity index (χ3v) is 4.17. The summed E-state index contributed by atoms with van der Waals surface area (Å²) in [5.74, 6) is 0.378. The molecule has 0 amide bonds. The van der Waals surface area contributed by atoms with Gasteiger partial charge in [0.05, 0.1) is 12.3 Å². The zero-order valence-electron chi connectivity index (χ0n) is 11.7. The molecule has 1 aromatic carbocycles. The number of hydrogen-bond acceptors (Lipinski definition) is 2. The lowest BCUT2D eigenvalue weighted by Gasteiger charge is -2.25. The summed E-state index contributed by atoms with van der Waals surface area (Å²) in [6.07, 6.45) is 6.51. The van der Waals surface area contributed by atoms with Crippen LogP contribution in [0.25, 0.3) is 0 Å². The van der Waals surface area contributed by atoms with Crippen LogP contribution < -0.4 is 0 Å². The molecule has 1 aliphatic rings. The molecule has 2 rings (SSSR count). The minimum atomic E-state index is -0.333. The molecular formula is C16H21BFO2. The van der Waals surface area contributed by atoms with Crippen LogP contribution in [-0.4, -0.2) is 24.7 Å². The van der Waals surface area contributed by atoms with Crippen LogP contribution in [0.5, 0.6) is 0 Å². The first-order valence-corrected chi connectivity index (χ1v) is 7.41. The molecule has 107 valence electrons. The first-order chi connectivity index (χ1) is 9.69. The number of carbonyl (C=O) groups excluding carboxylic acids is 1. The van der Waals surface area contributed by atoms with E-state index in [4.69, 9.17) is 0 Å². The van der Waals surface area contributed by atoms with Crippen LogP contribution in [-0.2, 0) is 17.6 Å². The van der Waals surface area contributed by atoms with Crippen molar-refractivity contribution in [1.29, 1.82) is 0 Å². The maximum atomic E-state index is 13.2. The van der Waals surface area contributed by atoms with Crippen molar-refractivity contribution in [2.45, 2.75) is 50.9 Å². The van der Waals surface area contributed by atoms with Crippen molar-refractivity contribution in [3.05, 3.63) is 35.1 Å². The SMILES string of the molecule is O=C[B]CCC(O)CCC1CCc2ccc(F)cc2C1. The van der Waals surface area contributed by atoms with Crippen molar-refractivity contribution < 1.29 is 14.3 Å². The first kappa shape index (κ1) is 15.2. The number of hydrogen-bond donors (Lipinski definition) is 1. The van der Waals surface area contributed by atoms with Crippen LogP contribution in [0.2, 0.25) is 6.32 Å². The number of carbonyl (C=O) groups is 1. The quantitative estimate of drug-likeness (QED) is 0.472. The molecule has 0 fully saturated rings. The second-order valence-electron chi connectivity index (χ2n) is 5.70. The van der Waals surface area contributed by atoms with E-state index < -0.39 is 0 Å². The van der Waals surface area contributed by atoms with E-state index in [0.717, 1.165) is 43.9 Å². The number of halogens is 1. The summed E-state index contributed by atoms with van der Waals surface area (Å²) in [7, 11) is 1.54. The molecule has 0 heterocycles. The van der Waals surface area contributed by atoms with Gasteiger partial charge in [-0.3, -0.25) is 0 Å². The van der Waals surface area contributed by atoms with Gasteiger partial charge in [-0.05, 0) is 67.7 Å². The Morgan fingerprint density at radius 3 is 3.05 bits per heavy atom. The van der Waals surface area contributed by atoms with Gasteiger partial charge in [0.15, 0.2) is 7.28 Å². The number of aliphatic hydroxyl groups excluding tert-OH is 1. The zero-order chi connectivity index (χ0) is 14.4. The Hall–Kier alpha value is -1.16. The molecule has 20 heavy (non-hydrogen) atoms. The Bertz CT molecular complexity index is 450. The lowest BCUT2D eigenvalue weighted by molar-refractivity contribution is 0.148. The number of aliphatic hydroxyl groups is 1. The number of rotatable bonds is 7. The molecule has 0 saturated carbocycles. The minimum Gasteiger partial charge on any atom is -0.393 e. The zero-order valence-corrected chi connectivity index (χ0v) is 11.7. The molecule has 0 aliphatic heterocycles. The van der Waals surface area contributed by atoms with E-state index in [1.807, 2.05) is 6.07 Å². The predicted molar refractivity (Wildman–Crippen MR) is 79.1 cm³/mol. The molecule has 0 spiro atoms. The maximum absolute atomic E-state index is 13.2. The highest BCUT2D eigenvalue weighted by Gasteiger charge is 2.19. The molecule has 4 heteroatoms. The number of aryl methyl sites for hydroxylation is 1. The lowest BCUT2D eigenvalue weighted by atomic mass is 9.74. The van der Waals surface area contributed by atoms with E-state index in [-0.39, 0.29) is 11.9 Å². The maximum Gasteiger partial charge on any atom is 0.197 e. The molecule has 1 aromatic rings. The fraction of sp³-hybridized carbons (Fsp3) is 0.562. The summed E-state index contributed by atoms with van der Waals surface area (Å²) in [4.78, 5) is 10.2. The van der Waals surface area contributed by atoms with Gasteiger partial charge in [-0.2, -0.15) is 0 Å². The van der Waals surface area contributed by atoms with Crippen LogP contribution in [0, 0.1) is 11.7 Å². The van der Waals surface area contributed by atoms with E-state index in [9.17, 15) is 14.3 Å². The van der Waals surface area contributed by atoms with E-state index in [1.54, 1.807) is 13.3 Å². The van der Waals surface area contributed by atoms with E-state index >= 15 is 0 Å². The summed E-state index contributed by atoms with van der Waals surface area (Å²) >= 11 is 0.